The largest absolute Gasteiger partial charge is 0.493 e. The zero-order valence-electron chi connectivity index (χ0n) is 12.2. The van der Waals surface area contributed by atoms with Gasteiger partial charge in [-0.1, -0.05) is 30.3 Å². The highest BCUT2D eigenvalue weighted by Gasteiger charge is 2.07. The van der Waals surface area contributed by atoms with Crippen LogP contribution in [0.2, 0.25) is 0 Å². The van der Waals surface area contributed by atoms with E-state index in [4.69, 9.17) is 9.47 Å². The van der Waals surface area contributed by atoms with E-state index in [9.17, 15) is 5.11 Å². The number of hydrogen-bond donors (Lipinski definition) is 1. The van der Waals surface area contributed by atoms with E-state index in [-0.39, 0.29) is 6.61 Å². The van der Waals surface area contributed by atoms with Gasteiger partial charge in [0.15, 0.2) is 11.5 Å². The van der Waals surface area contributed by atoms with Gasteiger partial charge in [0.1, 0.15) is 6.61 Å². The Morgan fingerprint density at radius 3 is 2.24 bits per heavy atom. The summed E-state index contributed by atoms with van der Waals surface area (Å²) in [5.41, 5.74) is 1.08. The van der Waals surface area contributed by atoms with Gasteiger partial charge in [-0.2, -0.15) is 0 Å². The first kappa shape index (κ1) is 15.2. The Kier molecular flexibility index (Phi) is 5.91. The van der Waals surface area contributed by atoms with E-state index < -0.39 is 0 Å². The van der Waals surface area contributed by atoms with Crippen molar-refractivity contribution in [3.63, 3.8) is 0 Å². The second kappa shape index (κ2) is 8.17. The number of benzene rings is 2. The van der Waals surface area contributed by atoms with Gasteiger partial charge in [0.25, 0.3) is 0 Å². The van der Waals surface area contributed by atoms with E-state index in [2.05, 4.69) is 4.90 Å². The molecule has 4 nitrogen and oxygen atoms in total. The highest BCUT2D eigenvalue weighted by atomic mass is 16.5. The standard InChI is InChI=1S/C17H21NO3/c1-20-16-9-5-6-10-17(16)21-14-12-18(11-13-19)15-7-3-2-4-8-15/h2-10,19H,11-14H2,1H3. The van der Waals surface area contributed by atoms with Crippen LogP contribution in [0.3, 0.4) is 0 Å². The maximum Gasteiger partial charge on any atom is 0.161 e. The lowest BCUT2D eigenvalue weighted by atomic mass is 10.3. The predicted octanol–water partition coefficient (Wildman–Crippen LogP) is 2.57. The molecule has 0 amide bonds. The molecule has 0 bridgehead atoms. The van der Waals surface area contributed by atoms with Crippen LogP contribution in [0.1, 0.15) is 0 Å². The summed E-state index contributed by atoms with van der Waals surface area (Å²) in [7, 11) is 1.63. The lowest BCUT2D eigenvalue weighted by Gasteiger charge is -2.24. The van der Waals surface area contributed by atoms with E-state index in [1.54, 1.807) is 7.11 Å². The fraction of sp³-hybridized carbons (Fsp3) is 0.294. The van der Waals surface area contributed by atoms with E-state index in [0.29, 0.717) is 19.7 Å². The number of rotatable bonds is 8. The molecule has 0 saturated carbocycles. The molecule has 0 saturated heterocycles. The van der Waals surface area contributed by atoms with Crippen LogP contribution in [0.25, 0.3) is 0 Å². The molecule has 2 aromatic carbocycles. The first-order chi connectivity index (χ1) is 10.3. The van der Waals surface area contributed by atoms with Crippen molar-refractivity contribution in [3.05, 3.63) is 54.6 Å². The number of ether oxygens (including phenoxy) is 2. The van der Waals surface area contributed by atoms with Crippen LogP contribution in [0, 0.1) is 0 Å². The third kappa shape index (κ3) is 4.39. The molecule has 0 fully saturated rings. The van der Waals surface area contributed by atoms with Gasteiger partial charge in [0.05, 0.1) is 20.3 Å². The Bertz CT molecular complexity index is 531. The fourth-order valence-electron chi connectivity index (χ4n) is 2.13. The Morgan fingerprint density at radius 2 is 1.57 bits per heavy atom. The average molecular weight is 287 g/mol. The van der Waals surface area contributed by atoms with E-state index >= 15 is 0 Å². The number of nitrogens with zero attached hydrogens (tertiary/aromatic N) is 1. The van der Waals surface area contributed by atoms with Crippen LogP contribution in [0.5, 0.6) is 11.5 Å². The summed E-state index contributed by atoms with van der Waals surface area (Å²) in [6.07, 6.45) is 0. The molecule has 0 heterocycles. The number of methoxy groups -OCH3 is 1. The number of anilines is 1. The Morgan fingerprint density at radius 1 is 0.905 bits per heavy atom. The van der Waals surface area contributed by atoms with Gasteiger partial charge in [-0.3, -0.25) is 0 Å². The second-order valence-electron chi connectivity index (χ2n) is 4.55. The predicted molar refractivity (Wildman–Crippen MR) is 84.2 cm³/mol. The van der Waals surface area contributed by atoms with Gasteiger partial charge in [-0.15, -0.1) is 0 Å². The molecule has 0 aliphatic rings. The molecule has 112 valence electrons. The summed E-state index contributed by atoms with van der Waals surface area (Å²) >= 11 is 0. The lowest BCUT2D eigenvalue weighted by Crippen LogP contribution is -2.31. The molecule has 21 heavy (non-hydrogen) atoms. The third-order valence-corrected chi connectivity index (χ3v) is 3.18. The molecule has 0 atom stereocenters. The molecule has 1 N–H and O–H groups in total. The molecule has 0 aromatic heterocycles. The topological polar surface area (TPSA) is 41.9 Å². The minimum atomic E-state index is 0.115. The van der Waals surface area contributed by atoms with Crippen molar-refractivity contribution in [1.82, 2.24) is 0 Å². The van der Waals surface area contributed by atoms with Gasteiger partial charge < -0.3 is 19.5 Å². The number of aliphatic hydroxyl groups excluding tert-OH is 1. The SMILES string of the molecule is COc1ccccc1OCCN(CCO)c1ccccc1. The van der Waals surface area contributed by atoms with Gasteiger partial charge >= 0.3 is 0 Å². The van der Waals surface area contributed by atoms with Crippen molar-refractivity contribution >= 4 is 5.69 Å². The summed E-state index contributed by atoms with van der Waals surface area (Å²) < 4.78 is 11.0. The van der Waals surface area contributed by atoms with E-state index in [1.807, 2.05) is 54.6 Å². The van der Waals surface area contributed by atoms with Crippen LogP contribution in [0.4, 0.5) is 5.69 Å². The Balaban J connectivity index is 1.93. The normalized spacial score (nSPS) is 10.2. The molecule has 0 aliphatic heterocycles. The molecule has 4 heteroatoms. The van der Waals surface area contributed by atoms with Crippen molar-refractivity contribution in [2.24, 2.45) is 0 Å². The number of para-hydroxylation sites is 3. The van der Waals surface area contributed by atoms with Crippen molar-refractivity contribution in [1.29, 1.82) is 0 Å². The summed E-state index contributed by atoms with van der Waals surface area (Å²) in [6, 6.07) is 17.6. The minimum absolute atomic E-state index is 0.115. The Labute approximate surface area is 125 Å². The van der Waals surface area contributed by atoms with Crippen LogP contribution in [-0.2, 0) is 0 Å². The smallest absolute Gasteiger partial charge is 0.161 e. The van der Waals surface area contributed by atoms with Crippen molar-refractivity contribution in [2.45, 2.75) is 0 Å². The van der Waals surface area contributed by atoms with Gasteiger partial charge in [0.2, 0.25) is 0 Å². The van der Waals surface area contributed by atoms with Crippen LogP contribution in [0.15, 0.2) is 54.6 Å². The molecule has 0 spiro atoms. The molecule has 0 radical (unpaired) electrons. The van der Waals surface area contributed by atoms with E-state index in [1.165, 1.54) is 0 Å². The summed E-state index contributed by atoms with van der Waals surface area (Å²) in [5, 5.41) is 9.19. The number of aliphatic hydroxyl groups is 1. The molecule has 2 rings (SSSR count). The highest BCUT2D eigenvalue weighted by Crippen LogP contribution is 2.25. The molecule has 0 aliphatic carbocycles. The number of hydrogen-bond acceptors (Lipinski definition) is 4. The zero-order chi connectivity index (χ0) is 14.9. The highest BCUT2D eigenvalue weighted by molar-refractivity contribution is 5.46. The summed E-state index contributed by atoms with van der Waals surface area (Å²) in [6.45, 7) is 1.92. The van der Waals surface area contributed by atoms with Gasteiger partial charge in [0, 0.05) is 12.2 Å². The average Bonchev–Trinajstić information content (AvgIpc) is 2.55. The summed E-state index contributed by atoms with van der Waals surface area (Å²) in [4.78, 5) is 2.09. The van der Waals surface area contributed by atoms with Crippen molar-refractivity contribution in [2.75, 3.05) is 38.3 Å². The lowest BCUT2D eigenvalue weighted by molar-refractivity contribution is 0.282. The Hall–Kier alpha value is -2.20. The van der Waals surface area contributed by atoms with Crippen LogP contribution in [-0.4, -0.2) is 38.5 Å². The maximum absolute atomic E-state index is 9.19. The molecular weight excluding hydrogens is 266 g/mol. The fourth-order valence-corrected chi connectivity index (χ4v) is 2.13. The molecule has 0 unspecified atom stereocenters. The minimum Gasteiger partial charge on any atom is -0.493 e. The first-order valence-electron chi connectivity index (χ1n) is 7.02. The molecule has 2 aromatic rings. The monoisotopic (exact) mass is 287 g/mol. The van der Waals surface area contributed by atoms with Gasteiger partial charge in [-0.25, -0.2) is 0 Å². The van der Waals surface area contributed by atoms with E-state index in [0.717, 1.165) is 17.2 Å². The third-order valence-electron chi connectivity index (χ3n) is 3.18. The quantitative estimate of drug-likeness (QED) is 0.810. The maximum atomic E-state index is 9.19. The first-order valence-corrected chi connectivity index (χ1v) is 7.02. The van der Waals surface area contributed by atoms with Crippen molar-refractivity contribution < 1.29 is 14.6 Å². The van der Waals surface area contributed by atoms with Crippen LogP contribution >= 0.6 is 0 Å². The zero-order valence-corrected chi connectivity index (χ0v) is 12.2. The van der Waals surface area contributed by atoms with Crippen LogP contribution < -0.4 is 14.4 Å². The second-order valence-corrected chi connectivity index (χ2v) is 4.55. The van der Waals surface area contributed by atoms with Crippen molar-refractivity contribution in [3.8, 4) is 11.5 Å². The van der Waals surface area contributed by atoms with Gasteiger partial charge in [-0.05, 0) is 24.3 Å². The molecular formula is C17H21NO3. The summed E-state index contributed by atoms with van der Waals surface area (Å²) in [5.74, 6) is 1.46.